The molecule has 0 bridgehead atoms. The molecule has 0 aromatic heterocycles. The summed E-state index contributed by atoms with van der Waals surface area (Å²) in [5.41, 5.74) is 0.851. The maximum absolute atomic E-state index is 11.0. The number of thioether (sulfide) groups is 1. The minimum Gasteiger partial charge on any atom is -0.465 e. The molecule has 2 nitrogen and oxygen atoms in total. The van der Waals surface area contributed by atoms with Crippen molar-refractivity contribution in [3.63, 3.8) is 0 Å². The molecule has 0 aromatic rings. The van der Waals surface area contributed by atoms with Gasteiger partial charge in [-0.15, -0.1) is 11.8 Å². The molecule has 0 amide bonds. The Balaban J connectivity index is 4.64. The van der Waals surface area contributed by atoms with Crippen molar-refractivity contribution in [1.82, 2.24) is 0 Å². The molecule has 0 aliphatic rings. The number of esters is 1. The molecular formula is C8H12O2S. The van der Waals surface area contributed by atoms with Gasteiger partial charge in [-0.25, -0.2) is 4.79 Å². The van der Waals surface area contributed by atoms with E-state index in [0.29, 0.717) is 4.91 Å². The number of rotatable bonds is 3. The first-order valence-electron chi connectivity index (χ1n) is 3.13. The van der Waals surface area contributed by atoms with E-state index >= 15 is 0 Å². The Bertz CT molecular complexity index is 194. The molecule has 0 spiro atoms. The predicted molar refractivity (Wildman–Crippen MR) is 48.4 cm³/mol. The van der Waals surface area contributed by atoms with Gasteiger partial charge in [-0.3, -0.25) is 0 Å². The van der Waals surface area contributed by atoms with E-state index in [-0.39, 0.29) is 5.97 Å². The molecule has 62 valence electrons. The maximum Gasteiger partial charge on any atom is 0.344 e. The first kappa shape index (κ1) is 10.3. The first-order chi connectivity index (χ1) is 5.17. The molecule has 0 radical (unpaired) electrons. The molecule has 0 aliphatic heterocycles. The van der Waals surface area contributed by atoms with Gasteiger partial charge >= 0.3 is 5.97 Å². The lowest BCUT2D eigenvalue weighted by atomic mass is 10.3. The lowest BCUT2D eigenvalue weighted by molar-refractivity contribution is -0.135. The number of carbonyl (C=O) groups excluding carboxylic acids is 1. The highest BCUT2D eigenvalue weighted by Crippen LogP contribution is 2.18. The van der Waals surface area contributed by atoms with E-state index in [1.807, 2.05) is 13.2 Å². The molecule has 0 saturated carbocycles. The minimum absolute atomic E-state index is 0.296. The van der Waals surface area contributed by atoms with E-state index in [9.17, 15) is 4.79 Å². The Morgan fingerprint density at radius 3 is 2.45 bits per heavy atom. The van der Waals surface area contributed by atoms with Gasteiger partial charge in [0.25, 0.3) is 0 Å². The monoisotopic (exact) mass is 172 g/mol. The summed E-state index contributed by atoms with van der Waals surface area (Å²) in [4.78, 5) is 11.6. The van der Waals surface area contributed by atoms with Gasteiger partial charge in [0.1, 0.15) is 0 Å². The molecular weight excluding hydrogens is 160 g/mol. The zero-order valence-corrected chi connectivity index (χ0v) is 7.83. The van der Waals surface area contributed by atoms with Crippen LogP contribution in [0.1, 0.15) is 6.92 Å². The maximum atomic E-state index is 11.0. The van der Waals surface area contributed by atoms with Crippen LogP contribution in [0.25, 0.3) is 0 Å². The molecule has 0 unspecified atom stereocenters. The minimum atomic E-state index is -0.296. The second-order valence-electron chi connectivity index (χ2n) is 1.91. The average Bonchev–Trinajstić information content (AvgIpc) is 2.05. The van der Waals surface area contributed by atoms with Crippen molar-refractivity contribution in [2.24, 2.45) is 0 Å². The second kappa shape index (κ2) is 5.02. The van der Waals surface area contributed by atoms with Crippen molar-refractivity contribution in [3.05, 3.63) is 23.1 Å². The van der Waals surface area contributed by atoms with Gasteiger partial charge < -0.3 is 4.74 Å². The van der Waals surface area contributed by atoms with Crippen LogP contribution in [-0.4, -0.2) is 19.3 Å². The molecule has 0 aromatic carbocycles. The summed E-state index contributed by atoms with van der Waals surface area (Å²) in [5.74, 6) is -0.296. The quantitative estimate of drug-likeness (QED) is 0.370. The van der Waals surface area contributed by atoms with Crippen LogP contribution < -0.4 is 0 Å². The first-order valence-corrected chi connectivity index (χ1v) is 4.35. The largest absolute Gasteiger partial charge is 0.465 e. The van der Waals surface area contributed by atoms with Gasteiger partial charge in [-0.1, -0.05) is 12.7 Å². The second-order valence-corrected chi connectivity index (χ2v) is 2.73. The summed E-state index contributed by atoms with van der Waals surface area (Å²) < 4.78 is 4.56. The third kappa shape index (κ3) is 2.80. The molecule has 11 heavy (non-hydrogen) atoms. The van der Waals surface area contributed by atoms with Gasteiger partial charge in [0.15, 0.2) is 0 Å². The van der Waals surface area contributed by atoms with Crippen LogP contribution in [0.2, 0.25) is 0 Å². The van der Waals surface area contributed by atoms with E-state index in [4.69, 9.17) is 0 Å². The molecule has 3 heteroatoms. The summed E-state index contributed by atoms with van der Waals surface area (Å²) >= 11 is 1.37. The van der Waals surface area contributed by atoms with Crippen LogP contribution in [0, 0.1) is 0 Å². The van der Waals surface area contributed by atoms with Gasteiger partial charge in [0.2, 0.25) is 0 Å². The number of hydrogen-bond donors (Lipinski definition) is 0. The highest BCUT2D eigenvalue weighted by atomic mass is 32.2. The zero-order valence-electron chi connectivity index (χ0n) is 7.01. The highest BCUT2D eigenvalue weighted by Gasteiger charge is 2.09. The SMILES string of the molecule is C=C/C(C)=C(\SC)C(=O)OC. The van der Waals surface area contributed by atoms with Crippen molar-refractivity contribution in [2.45, 2.75) is 6.92 Å². The molecule has 0 aliphatic carbocycles. The fraction of sp³-hybridized carbons (Fsp3) is 0.375. The zero-order chi connectivity index (χ0) is 8.85. The Hall–Kier alpha value is -0.700. The fourth-order valence-corrected chi connectivity index (χ4v) is 1.25. The molecule has 0 rings (SSSR count). The molecule has 0 atom stereocenters. The summed E-state index contributed by atoms with van der Waals surface area (Å²) in [6, 6.07) is 0. The van der Waals surface area contributed by atoms with E-state index in [1.54, 1.807) is 6.08 Å². The third-order valence-corrected chi connectivity index (χ3v) is 2.14. The number of carbonyl (C=O) groups is 1. The Morgan fingerprint density at radius 1 is 1.64 bits per heavy atom. The van der Waals surface area contributed by atoms with Gasteiger partial charge in [-0.2, -0.15) is 0 Å². The van der Waals surface area contributed by atoms with Crippen molar-refractivity contribution in [2.75, 3.05) is 13.4 Å². The summed E-state index contributed by atoms with van der Waals surface area (Å²) in [6.07, 6.45) is 3.47. The number of methoxy groups -OCH3 is 1. The van der Waals surface area contributed by atoms with E-state index in [0.717, 1.165) is 5.57 Å². The van der Waals surface area contributed by atoms with Crippen LogP contribution in [0.15, 0.2) is 23.1 Å². The van der Waals surface area contributed by atoms with Crippen molar-refractivity contribution >= 4 is 17.7 Å². The number of hydrogen-bond acceptors (Lipinski definition) is 3. The normalized spacial score (nSPS) is 11.9. The van der Waals surface area contributed by atoms with Gasteiger partial charge in [0.05, 0.1) is 12.0 Å². The highest BCUT2D eigenvalue weighted by molar-refractivity contribution is 8.03. The van der Waals surface area contributed by atoms with E-state index in [1.165, 1.54) is 18.9 Å². The topological polar surface area (TPSA) is 26.3 Å². The average molecular weight is 172 g/mol. The molecule has 0 saturated heterocycles. The van der Waals surface area contributed by atoms with Crippen LogP contribution in [0.3, 0.4) is 0 Å². The van der Waals surface area contributed by atoms with E-state index < -0.39 is 0 Å². The number of allylic oxidation sites excluding steroid dienone is 2. The Labute approximate surface area is 71.3 Å². The summed E-state index contributed by atoms with van der Waals surface area (Å²) in [7, 11) is 1.37. The lowest BCUT2D eigenvalue weighted by Crippen LogP contribution is -2.02. The molecule has 0 heterocycles. The smallest absolute Gasteiger partial charge is 0.344 e. The van der Waals surface area contributed by atoms with Crippen molar-refractivity contribution in [3.8, 4) is 0 Å². The van der Waals surface area contributed by atoms with E-state index in [2.05, 4.69) is 11.3 Å². The number of ether oxygens (including phenoxy) is 1. The summed E-state index contributed by atoms with van der Waals surface area (Å²) in [5, 5.41) is 0. The van der Waals surface area contributed by atoms with Crippen molar-refractivity contribution < 1.29 is 9.53 Å². The predicted octanol–water partition coefficient (Wildman–Crippen LogP) is 1.98. The molecule has 0 N–H and O–H groups in total. The summed E-state index contributed by atoms with van der Waals surface area (Å²) in [6.45, 7) is 5.40. The van der Waals surface area contributed by atoms with Gasteiger partial charge in [-0.05, 0) is 18.8 Å². The third-order valence-electron chi connectivity index (χ3n) is 1.24. The van der Waals surface area contributed by atoms with Crippen molar-refractivity contribution in [1.29, 1.82) is 0 Å². The van der Waals surface area contributed by atoms with Crippen LogP contribution in [-0.2, 0) is 9.53 Å². The van der Waals surface area contributed by atoms with Gasteiger partial charge in [0, 0.05) is 0 Å². The lowest BCUT2D eigenvalue weighted by Gasteiger charge is -2.02. The fourth-order valence-electron chi connectivity index (χ4n) is 0.591. The van der Waals surface area contributed by atoms with Crippen LogP contribution in [0.5, 0.6) is 0 Å². The molecule has 0 fully saturated rings. The van der Waals surface area contributed by atoms with Crippen LogP contribution in [0.4, 0.5) is 0 Å². The van der Waals surface area contributed by atoms with Crippen LogP contribution >= 0.6 is 11.8 Å². The Morgan fingerprint density at radius 2 is 2.18 bits per heavy atom. The standard InChI is InChI=1S/C8H12O2S/c1-5-6(2)7(11-4)8(9)10-3/h5H,1H2,2-4H3/b7-6-. The Kier molecular flexibility index (Phi) is 4.70.